The van der Waals surface area contributed by atoms with Crippen LogP contribution < -0.4 is 10.2 Å². The lowest BCUT2D eigenvalue weighted by molar-refractivity contribution is 0.0126. The van der Waals surface area contributed by atoms with Gasteiger partial charge in [0, 0.05) is 25.5 Å². The summed E-state index contributed by atoms with van der Waals surface area (Å²) in [6, 6.07) is 9.44. The molecule has 0 atom stereocenters. The van der Waals surface area contributed by atoms with E-state index < -0.39 is 0 Å². The van der Waals surface area contributed by atoms with E-state index in [-0.39, 0.29) is 11.9 Å². The van der Waals surface area contributed by atoms with Gasteiger partial charge in [-0.1, -0.05) is 18.2 Å². The minimum atomic E-state index is -0.242. The predicted octanol–water partition coefficient (Wildman–Crippen LogP) is 1.25. The molecule has 7 heteroatoms. The van der Waals surface area contributed by atoms with Gasteiger partial charge in [-0.25, -0.2) is 15.0 Å². The van der Waals surface area contributed by atoms with Crippen LogP contribution in [0.25, 0.3) is 0 Å². The first-order chi connectivity index (χ1) is 10.8. The Kier molecular flexibility index (Phi) is 4.57. The molecule has 1 N–H and O–H groups in total. The number of para-hydroxylation sites is 1. The van der Waals surface area contributed by atoms with E-state index in [9.17, 15) is 4.79 Å². The summed E-state index contributed by atoms with van der Waals surface area (Å²) in [5.74, 6) is 0.404. The molecule has 1 aromatic carbocycles. The van der Waals surface area contributed by atoms with Gasteiger partial charge in [-0.3, -0.25) is 10.2 Å². The molecule has 1 aliphatic rings. The second-order valence-electron chi connectivity index (χ2n) is 4.71. The predicted molar refractivity (Wildman–Crippen MR) is 78.4 cm³/mol. The highest BCUT2D eigenvalue weighted by molar-refractivity contribution is 5.93. The van der Waals surface area contributed by atoms with Gasteiger partial charge in [0.05, 0.1) is 18.8 Å². The van der Waals surface area contributed by atoms with Crippen LogP contribution in [0, 0.1) is 0 Å². The first-order valence-corrected chi connectivity index (χ1v) is 7.00. The summed E-state index contributed by atoms with van der Waals surface area (Å²) in [5.41, 5.74) is 3.18. The SMILES string of the molecule is O=C(NN1CCOCC1)c1cnc(Oc2ccccc2)nc1. The van der Waals surface area contributed by atoms with Crippen LogP contribution in [0.2, 0.25) is 0 Å². The largest absolute Gasteiger partial charge is 0.424 e. The molecular weight excluding hydrogens is 284 g/mol. The number of morpholine rings is 1. The zero-order chi connectivity index (χ0) is 15.2. The highest BCUT2D eigenvalue weighted by Gasteiger charge is 2.15. The summed E-state index contributed by atoms with van der Waals surface area (Å²) < 4.78 is 10.7. The van der Waals surface area contributed by atoms with Gasteiger partial charge in [0.25, 0.3) is 5.91 Å². The van der Waals surface area contributed by atoms with Crippen molar-refractivity contribution in [3.63, 3.8) is 0 Å². The number of aromatic nitrogens is 2. The highest BCUT2D eigenvalue weighted by atomic mass is 16.5. The van der Waals surface area contributed by atoms with Crippen molar-refractivity contribution in [2.75, 3.05) is 26.3 Å². The smallest absolute Gasteiger partial charge is 0.321 e. The Morgan fingerprint density at radius 2 is 1.82 bits per heavy atom. The molecule has 0 saturated carbocycles. The molecule has 1 fully saturated rings. The van der Waals surface area contributed by atoms with Crippen LogP contribution >= 0.6 is 0 Å². The van der Waals surface area contributed by atoms with Crippen LogP contribution in [-0.4, -0.2) is 47.2 Å². The molecule has 0 aliphatic carbocycles. The van der Waals surface area contributed by atoms with Gasteiger partial charge in [0.1, 0.15) is 5.75 Å². The van der Waals surface area contributed by atoms with Gasteiger partial charge in [0.15, 0.2) is 0 Å². The summed E-state index contributed by atoms with van der Waals surface area (Å²) in [6.45, 7) is 2.56. The molecule has 2 heterocycles. The monoisotopic (exact) mass is 300 g/mol. The van der Waals surface area contributed by atoms with E-state index in [1.165, 1.54) is 12.4 Å². The van der Waals surface area contributed by atoms with Gasteiger partial charge in [0.2, 0.25) is 0 Å². The third-order valence-corrected chi connectivity index (χ3v) is 3.11. The number of carbonyl (C=O) groups is 1. The fraction of sp³-hybridized carbons (Fsp3) is 0.267. The second-order valence-corrected chi connectivity index (χ2v) is 4.71. The average molecular weight is 300 g/mol. The van der Waals surface area contributed by atoms with Gasteiger partial charge >= 0.3 is 6.01 Å². The number of rotatable bonds is 4. The van der Waals surface area contributed by atoms with Gasteiger partial charge < -0.3 is 9.47 Å². The molecule has 1 aromatic heterocycles. The number of hydrogen-bond acceptors (Lipinski definition) is 6. The Bertz CT molecular complexity index is 612. The molecule has 0 unspecified atom stereocenters. The first-order valence-electron chi connectivity index (χ1n) is 7.00. The van der Waals surface area contributed by atoms with Crippen LogP contribution in [0.4, 0.5) is 0 Å². The molecule has 3 rings (SSSR count). The number of benzene rings is 1. The molecule has 114 valence electrons. The van der Waals surface area contributed by atoms with E-state index in [1.54, 1.807) is 0 Å². The molecule has 1 amide bonds. The number of amides is 1. The Hall–Kier alpha value is -2.51. The molecule has 1 saturated heterocycles. The van der Waals surface area contributed by atoms with Crippen LogP contribution in [-0.2, 0) is 4.74 Å². The Balaban J connectivity index is 1.59. The van der Waals surface area contributed by atoms with Gasteiger partial charge in [-0.15, -0.1) is 0 Å². The quantitative estimate of drug-likeness (QED) is 0.915. The molecule has 7 nitrogen and oxygen atoms in total. The lowest BCUT2D eigenvalue weighted by Crippen LogP contribution is -2.48. The van der Waals surface area contributed by atoms with Crippen molar-refractivity contribution in [1.29, 1.82) is 0 Å². The summed E-state index contributed by atoms with van der Waals surface area (Å²) in [5, 5.41) is 1.82. The Labute approximate surface area is 127 Å². The Morgan fingerprint density at radius 1 is 1.14 bits per heavy atom. The lowest BCUT2D eigenvalue weighted by atomic mass is 10.3. The molecule has 0 bridgehead atoms. The fourth-order valence-corrected chi connectivity index (χ4v) is 1.96. The summed E-state index contributed by atoms with van der Waals surface area (Å²) >= 11 is 0. The van der Waals surface area contributed by atoms with Gasteiger partial charge in [-0.2, -0.15) is 0 Å². The van der Waals surface area contributed by atoms with Crippen molar-refractivity contribution in [3.05, 3.63) is 48.3 Å². The summed E-state index contributed by atoms with van der Waals surface area (Å²) in [7, 11) is 0. The van der Waals surface area contributed by atoms with E-state index in [4.69, 9.17) is 9.47 Å². The van der Waals surface area contributed by atoms with Crippen LogP contribution in [0.3, 0.4) is 0 Å². The van der Waals surface area contributed by atoms with Crippen molar-refractivity contribution in [2.45, 2.75) is 0 Å². The van der Waals surface area contributed by atoms with Crippen molar-refractivity contribution < 1.29 is 14.3 Å². The van der Waals surface area contributed by atoms with Crippen molar-refractivity contribution in [2.24, 2.45) is 0 Å². The zero-order valence-electron chi connectivity index (χ0n) is 11.9. The maximum absolute atomic E-state index is 12.1. The van der Waals surface area contributed by atoms with E-state index in [0.29, 0.717) is 37.6 Å². The number of ether oxygens (including phenoxy) is 2. The van der Waals surface area contributed by atoms with Gasteiger partial charge in [-0.05, 0) is 12.1 Å². The number of nitrogens with zero attached hydrogens (tertiary/aromatic N) is 3. The van der Waals surface area contributed by atoms with Crippen LogP contribution in [0.15, 0.2) is 42.7 Å². The van der Waals surface area contributed by atoms with Crippen molar-refractivity contribution in [1.82, 2.24) is 20.4 Å². The van der Waals surface area contributed by atoms with E-state index in [1.807, 2.05) is 35.3 Å². The minimum Gasteiger partial charge on any atom is -0.424 e. The van der Waals surface area contributed by atoms with Crippen LogP contribution in [0.1, 0.15) is 10.4 Å². The number of hydrogen-bond donors (Lipinski definition) is 1. The summed E-state index contributed by atoms with van der Waals surface area (Å²) in [4.78, 5) is 20.2. The topological polar surface area (TPSA) is 76.6 Å². The number of hydrazine groups is 1. The normalized spacial score (nSPS) is 15.3. The summed E-state index contributed by atoms with van der Waals surface area (Å²) in [6.07, 6.45) is 2.89. The maximum atomic E-state index is 12.1. The lowest BCUT2D eigenvalue weighted by Gasteiger charge is -2.26. The first kappa shape index (κ1) is 14.4. The third kappa shape index (κ3) is 3.78. The third-order valence-electron chi connectivity index (χ3n) is 3.11. The zero-order valence-corrected chi connectivity index (χ0v) is 11.9. The molecular formula is C15H16N4O3. The Morgan fingerprint density at radius 3 is 2.50 bits per heavy atom. The van der Waals surface area contributed by atoms with Crippen molar-refractivity contribution in [3.8, 4) is 11.8 Å². The van der Waals surface area contributed by atoms with E-state index >= 15 is 0 Å². The van der Waals surface area contributed by atoms with Crippen molar-refractivity contribution >= 4 is 5.91 Å². The maximum Gasteiger partial charge on any atom is 0.321 e. The molecule has 2 aromatic rings. The highest BCUT2D eigenvalue weighted by Crippen LogP contribution is 2.16. The molecule has 22 heavy (non-hydrogen) atoms. The molecule has 0 radical (unpaired) electrons. The van der Waals surface area contributed by atoms with E-state index in [2.05, 4.69) is 15.4 Å². The molecule has 0 spiro atoms. The molecule has 1 aliphatic heterocycles. The standard InChI is InChI=1S/C15H16N4O3/c20-14(18-19-6-8-21-9-7-19)12-10-16-15(17-11-12)22-13-4-2-1-3-5-13/h1-5,10-11H,6-9H2,(H,18,20). The number of nitrogens with one attached hydrogen (secondary N) is 1. The fourth-order valence-electron chi connectivity index (χ4n) is 1.96. The minimum absolute atomic E-state index is 0.203. The number of carbonyl (C=O) groups excluding carboxylic acids is 1. The van der Waals surface area contributed by atoms with E-state index in [0.717, 1.165) is 0 Å². The van der Waals surface area contributed by atoms with Crippen LogP contribution in [0.5, 0.6) is 11.8 Å². The average Bonchev–Trinajstić information content (AvgIpc) is 2.57. The second kappa shape index (κ2) is 6.97.